The van der Waals surface area contributed by atoms with Crippen molar-refractivity contribution in [3.05, 3.63) is 35.1 Å². The fourth-order valence-electron chi connectivity index (χ4n) is 2.25. The number of benzene rings is 1. The lowest BCUT2D eigenvalue weighted by Crippen LogP contribution is -2.27. The van der Waals surface area contributed by atoms with Crippen LogP contribution in [0.25, 0.3) is 0 Å². The Morgan fingerprint density at radius 1 is 1.35 bits per heavy atom. The van der Waals surface area contributed by atoms with E-state index in [2.05, 4.69) is 11.8 Å². The summed E-state index contributed by atoms with van der Waals surface area (Å²) in [6, 6.07) is 6.22. The van der Waals surface area contributed by atoms with Gasteiger partial charge in [-0.3, -0.25) is 4.90 Å². The molecule has 0 saturated heterocycles. The van der Waals surface area contributed by atoms with Crippen LogP contribution >= 0.6 is 0 Å². The van der Waals surface area contributed by atoms with Crippen LogP contribution in [0, 0.1) is 5.82 Å². The fraction of sp³-hybridized carbons (Fsp3) is 0.571. The average Bonchev–Trinajstić information content (AvgIpc) is 3.15. The molecule has 1 fully saturated rings. The Morgan fingerprint density at radius 2 is 2.06 bits per heavy atom. The molecule has 0 spiro atoms. The lowest BCUT2D eigenvalue weighted by molar-refractivity contribution is 0.251. The van der Waals surface area contributed by atoms with E-state index in [0.717, 1.165) is 25.1 Å². The van der Waals surface area contributed by atoms with Gasteiger partial charge in [0.15, 0.2) is 0 Å². The largest absolute Gasteiger partial charge is 0.326 e. The second kappa shape index (κ2) is 5.61. The Labute approximate surface area is 103 Å². The van der Waals surface area contributed by atoms with Gasteiger partial charge in [0.1, 0.15) is 5.82 Å². The van der Waals surface area contributed by atoms with Crippen LogP contribution in [-0.4, -0.2) is 17.5 Å². The highest BCUT2D eigenvalue weighted by atomic mass is 19.1. The van der Waals surface area contributed by atoms with Gasteiger partial charge in [-0.05, 0) is 25.8 Å². The number of rotatable bonds is 6. The molecule has 2 rings (SSSR count). The van der Waals surface area contributed by atoms with E-state index in [1.165, 1.54) is 12.8 Å². The number of nitrogens with zero attached hydrogens (tertiary/aromatic N) is 1. The second-order valence-electron chi connectivity index (χ2n) is 4.80. The van der Waals surface area contributed by atoms with Crippen LogP contribution in [0.2, 0.25) is 0 Å². The summed E-state index contributed by atoms with van der Waals surface area (Å²) < 4.78 is 14.1. The number of nitrogens with two attached hydrogens (primary N) is 1. The Balaban J connectivity index is 2.10. The normalized spacial score (nSPS) is 15.5. The molecular formula is C14H21FN2. The molecule has 1 saturated carbocycles. The van der Waals surface area contributed by atoms with E-state index in [1.54, 1.807) is 6.07 Å². The lowest BCUT2D eigenvalue weighted by atomic mass is 10.1. The molecule has 1 aliphatic carbocycles. The maximum atomic E-state index is 14.1. The smallest absolute Gasteiger partial charge is 0.132 e. The number of halogens is 1. The van der Waals surface area contributed by atoms with Crippen molar-refractivity contribution in [1.29, 1.82) is 0 Å². The fourth-order valence-corrected chi connectivity index (χ4v) is 2.25. The first-order valence-corrected chi connectivity index (χ1v) is 6.46. The molecule has 2 N–H and O–H groups in total. The maximum absolute atomic E-state index is 14.1. The summed E-state index contributed by atoms with van der Waals surface area (Å²) in [5.41, 5.74) is 6.93. The second-order valence-corrected chi connectivity index (χ2v) is 4.80. The highest BCUT2D eigenvalue weighted by molar-refractivity contribution is 5.26. The van der Waals surface area contributed by atoms with Gasteiger partial charge in [0.2, 0.25) is 0 Å². The zero-order valence-corrected chi connectivity index (χ0v) is 10.5. The average molecular weight is 236 g/mol. The Hall–Kier alpha value is -0.930. The molecular weight excluding hydrogens is 215 g/mol. The monoisotopic (exact) mass is 236 g/mol. The van der Waals surface area contributed by atoms with Crippen LogP contribution in [0.1, 0.15) is 37.3 Å². The van der Waals surface area contributed by atoms with Gasteiger partial charge in [-0.15, -0.1) is 0 Å². The molecule has 2 nitrogen and oxygen atoms in total. The van der Waals surface area contributed by atoms with E-state index in [-0.39, 0.29) is 12.4 Å². The molecule has 0 bridgehead atoms. The van der Waals surface area contributed by atoms with E-state index in [0.29, 0.717) is 11.6 Å². The Kier molecular flexibility index (Phi) is 4.13. The van der Waals surface area contributed by atoms with E-state index in [1.807, 2.05) is 12.1 Å². The predicted octanol–water partition coefficient (Wildman–Crippen LogP) is 2.66. The first kappa shape index (κ1) is 12.5. The zero-order chi connectivity index (χ0) is 12.3. The highest BCUT2D eigenvalue weighted by Crippen LogP contribution is 2.29. The van der Waals surface area contributed by atoms with Gasteiger partial charge in [-0.2, -0.15) is 0 Å². The number of hydrogen-bond acceptors (Lipinski definition) is 2. The van der Waals surface area contributed by atoms with Crippen LogP contribution in [0.15, 0.2) is 18.2 Å². The summed E-state index contributed by atoms with van der Waals surface area (Å²) in [7, 11) is 0. The van der Waals surface area contributed by atoms with Crippen molar-refractivity contribution in [3.8, 4) is 0 Å². The summed E-state index contributed by atoms with van der Waals surface area (Å²) in [5.74, 6) is -0.114. The topological polar surface area (TPSA) is 29.3 Å². The van der Waals surface area contributed by atoms with Crippen molar-refractivity contribution in [2.24, 2.45) is 5.73 Å². The summed E-state index contributed by atoms with van der Waals surface area (Å²) >= 11 is 0. The van der Waals surface area contributed by atoms with Gasteiger partial charge in [-0.25, -0.2) is 4.39 Å². The van der Waals surface area contributed by atoms with Crippen LogP contribution in [0.4, 0.5) is 4.39 Å². The van der Waals surface area contributed by atoms with Crippen molar-refractivity contribution in [2.75, 3.05) is 6.54 Å². The SMILES string of the molecule is CCCN(Cc1cccc(CN)c1F)C1CC1. The third-order valence-electron chi connectivity index (χ3n) is 3.33. The maximum Gasteiger partial charge on any atom is 0.132 e. The predicted molar refractivity (Wildman–Crippen MR) is 68.0 cm³/mol. The van der Waals surface area contributed by atoms with Crippen LogP contribution in [0.3, 0.4) is 0 Å². The van der Waals surface area contributed by atoms with Gasteiger partial charge < -0.3 is 5.73 Å². The summed E-state index contributed by atoms with van der Waals surface area (Å²) in [4.78, 5) is 2.39. The van der Waals surface area contributed by atoms with Gasteiger partial charge in [0.25, 0.3) is 0 Å². The minimum Gasteiger partial charge on any atom is -0.326 e. The van der Waals surface area contributed by atoms with Gasteiger partial charge in [0, 0.05) is 30.3 Å². The molecule has 0 aromatic heterocycles. The van der Waals surface area contributed by atoms with Crippen LogP contribution in [-0.2, 0) is 13.1 Å². The summed E-state index contributed by atoms with van der Waals surface area (Å²) in [6.45, 7) is 4.22. The van der Waals surface area contributed by atoms with Crippen molar-refractivity contribution in [2.45, 2.75) is 45.3 Å². The third-order valence-corrected chi connectivity index (χ3v) is 3.33. The molecule has 3 heteroatoms. The molecule has 0 aliphatic heterocycles. The first-order chi connectivity index (χ1) is 8.26. The molecule has 17 heavy (non-hydrogen) atoms. The van der Waals surface area contributed by atoms with Gasteiger partial charge >= 0.3 is 0 Å². The van der Waals surface area contributed by atoms with Crippen molar-refractivity contribution < 1.29 is 4.39 Å². The summed E-state index contributed by atoms with van der Waals surface area (Å²) in [5, 5.41) is 0. The van der Waals surface area contributed by atoms with E-state index in [9.17, 15) is 4.39 Å². The van der Waals surface area contributed by atoms with Crippen molar-refractivity contribution in [3.63, 3.8) is 0 Å². The van der Waals surface area contributed by atoms with Gasteiger partial charge in [0.05, 0.1) is 0 Å². The highest BCUT2D eigenvalue weighted by Gasteiger charge is 2.28. The lowest BCUT2D eigenvalue weighted by Gasteiger charge is -2.22. The minimum atomic E-state index is -0.114. The van der Waals surface area contributed by atoms with Gasteiger partial charge in [-0.1, -0.05) is 25.1 Å². The molecule has 0 radical (unpaired) electrons. The minimum absolute atomic E-state index is 0.114. The molecule has 0 unspecified atom stereocenters. The third kappa shape index (κ3) is 3.05. The first-order valence-electron chi connectivity index (χ1n) is 6.46. The quantitative estimate of drug-likeness (QED) is 0.822. The summed E-state index contributed by atoms with van der Waals surface area (Å²) in [6.07, 6.45) is 3.64. The van der Waals surface area contributed by atoms with E-state index in [4.69, 9.17) is 5.73 Å². The van der Waals surface area contributed by atoms with Crippen molar-refractivity contribution >= 4 is 0 Å². The number of hydrogen-bond donors (Lipinski definition) is 1. The zero-order valence-electron chi connectivity index (χ0n) is 10.5. The molecule has 0 heterocycles. The van der Waals surface area contributed by atoms with Crippen LogP contribution < -0.4 is 5.73 Å². The molecule has 1 aromatic carbocycles. The Morgan fingerprint density at radius 3 is 2.65 bits per heavy atom. The van der Waals surface area contributed by atoms with Crippen LogP contribution in [0.5, 0.6) is 0 Å². The van der Waals surface area contributed by atoms with Crippen molar-refractivity contribution in [1.82, 2.24) is 4.90 Å². The van der Waals surface area contributed by atoms with E-state index < -0.39 is 0 Å². The molecule has 94 valence electrons. The standard InChI is InChI=1S/C14H21FN2/c1-2-8-17(13-6-7-13)10-12-5-3-4-11(9-16)14(12)15/h3-5,13H,2,6-10,16H2,1H3. The molecule has 1 aromatic rings. The Bertz CT molecular complexity index is 374. The molecule has 0 amide bonds. The van der Waals surface area contributed by atoms with E-state index >= 15 is 0 Å². The molecule has 1 aliphatic rings. The molecule has 0 atom stereocenters.